The van der Waals surface area contributed by atoms with Gasteiger partial charge in [0, 0.05) is 12.6 Å². The second kappa shape index (κ2) is 6.14. The van der Waals surface area contributed by atoms with E-state index >= 15 is 0 Å². The molecule has 0 saturated heterocycles. The molecule has 112 valence electrons. The number of nitrogens with zero attached hydrogens (tertiary/aromatic N) is 1. The number of fused-ring (bicyclic) bond motifs is 1. The van der Waals surface area contributed by atoms with Gasteiger partial charge in [0.05, 0.1) is 11.4 Å². The predicted octanol–water partition coefficient (Wildman–Crippen LogP) is 2.46. The zero-order chi connectivity index (χ0) is 14.8. The number of anilines is 1. The van der Waals surface area contributed by atoms with Crippen LogP contribution >= 0.6 is 0 Å². The topological polar surface area (TPSA) is 49.4 Å². The number of nitrogens with one attached hydrogen (secondary N) is 1. The van der Waals surface area contributed by atoms with Crippen LogP contribution in [0, 0.1) is 0 Å². The highest BCUT2D eigenvalue weighted by Crippen LogP contribution is 2.32. The molecular weight excluding hydrogens is 272 g/mol. The lowest BCUT2D eigenvalue weighted by molar-refractivity contribution is 0.570. The number of sulfonamides is 1. The maximum atomic E-state index is 12.0. The highest BCUT2D eigenvalue weighted by molar-refractivity contribution is 7.92. The lowest BCUT2D eigenvalue weighted by Crippen LogP contribution is -2.30. The average Bonchev–Trinajstić information content (AvgIpc) is 2.88. The molecule has 1 aromatic carbocycles. The van der Waals surface area contributed by atoms with Crippen LogP contribution in [0.5, 0.6) is 0 Å². The molecule has 0 aliphatic carbocycles. The van der Waals surface area contributed by atoms with Crippen molar-refractivity contribution >= 4 is 15.7 Å². The summed E-state index contributed by atoms with van der Waals surface area (Å²) in [5.74, 6) is 0.155. The van der Waals surface area contributed by atoms with E-state index in [1.165, 1.54) is 5.56 Å². The molecule has 0 saturated carbocycles. The fourth-order valence-corrected chi connectivity index (χ4v) is 3.74. The van der Waals surface area contributed by atoms with E-state index in [1.54, 1.807) is 11.2 Å². The van der Waals surface area contributed by atoms with E-state index in [1.807, 2.05) is 12.1 Å². The van der Waals surface area contributed by atoms with Crippen molar-refractivity contribution in [3.63, 3.8) is 0 Å². The maximum absolute atomic E-state index is 12.0. The number of benzene rings is 1. The van der Waals surface area contributed by atoms with Gasteiger partial charge in [-0.3, -0.25) is 4.31 Å². The molecule has 1 aliphatic heterocycles. The summed E-state index contributed by atoms with van der Waals surface area (Å²) < 4.78 is 25.6. The molecule has 1 N–H and O–H groups in total. The van der Waals surface area contributed by atoms with Crippen molar-refractivity contribution in [3.05, 3.63) is 29.3 Å². The Morgan fingerprint density at radius 3 is 2.75 bits per heavy atom. The van der Waals surface area contributed by atoms with Gasteiger partial charge in [-0.15, -0.1) is 0 Å². The molecule has 0 bridgehead atoms. The summed E-state index contributed by atoms with van der Waals surface area (Å²) in [6.07, 6.45) is 1.92. The van der Waals surface area contributed by atoms with E-state index in [4.69, 9.17) is 0 Å². The minimum absolute atomic E-state index is 0.155. The molecule has 0 amide bonds. The fourth-order valence-electron chi connectivity index (χ4n) is 2.58. The molecule has 4 nitrogen and oxygen atoms in total. The Morgan fingerprint density at radius 2 is 2.10 bits per heavy atom. The van der Waals surface area contributed by atoms with Crippen LogP contribution in [0.15, 0.2) is 18.2 Å². The normalized spacial score (nSPS) is 16.2. The van der Waals surface area contributed by atoms with Gasteiger partial charge in [-0.25, -0.2) is 8.42 Å². The lowest BCUT2D eigenvalue weighted by atomic mass is 10.0. The molecule has 0 spiro atoms. The number of hydrogen-bond donors (Lipinski definition) is 1. The van der Waals surface area contributed by atoms with Crippen LogP contribution in [0.1, 0.15) is 44.4 Å². The first-order valence-corrected chi connectivity index (χ1v) is 8.97. The standard InChI is InChI=1S/C15H24N2O2S/c1-4-9-16-12(3)13-6-7-15-14(11-13)8-10-17(15)20(18,19)5-2/h6-7,11-12,16H,4-5,8-10H2,1-3H3. The van der Waals surface area contributed by atoms with Crippen LogP contribution in [-0.2, 0) is 16.4 Å². The Hall–Kier alpha value is -1.07. The van der Waals surface area contributed by atoms with Crippen molar-refractivity contribution in [3.8, 4) is 0 Å². The summed E-state index contributed by atoms with van der Waals surface area (Å²) in [4.78, 5) is 0. The van der Waals surface area contributed by atoms with Crippen LogP contribution in [0.2, 0.25) is 0 Å². The third-order valence-corrected chi connectivity index (χ3v) is 5.64. The molecule has 1 atom stereocenters. The van der Waals surface area contributed by atoms with Gasteiger partial charge in [-0.1, -0.05) is 19.1 Å². The van der Waals surface area contributed by atoms with E-state index in [0.717, 1.165) is 30.6 Å². The highest BCUT2D eigenvalue weighted by atomic mass is 32.2. The highest BCUT2D eigenvalue weighted by Gasteiger charge is 2.28. The zero-order valence-electron chi connectivity index (χ0n) is 12.5. The van der Waals surface area contributed by atoms with Gasteiger partial charge in [-0.05, 0) is 50.4 Å². The Bertz CT molecular complexity index is 569. The van der Waals surface area contributed by atoms with Gasteiger partial charge in [-0.2, -0.15) is 0 Å². The van der Waals surface area contributed by atoms with E-state index in [-0.39, 0.29) is 5.75 Å². The average molecular weight is 296 g/mol. The first-order chi connectivity index (χ1) is 9.49. The monoisotopic (exact) mass is 296 g/mol. The third kappa shape index (κ3) is 2.99. The van der Waals surface area contributed by atoms with Crippen molar-refractivity contribution in [1.82, 2.24) is 5.32 Å². The zero-order valence-corrected chi connectivity index (χ0v) is 13.3. The summed E-state index contributed by atoms with van der Waals surface area (Å²) in [6.45, 7) is 7.56. The second-order valence-electron chi connectivity index (χ2n) is 5.29. The predicted molar refractivity (Wildman–Crippen MR) is 83.7 cm³/mol. The molecule has 1 aliphatic rings. The molecule has 1 aromatic rings. The molecule has 1 unspecified atom stereocenters. The van der Waals surface area contributed by atoms with Crippen LogP contribution in [0.4, 0.5) is 5.69 Å². The van der Waals surface area contributed by atoms with E-state index in [0.29, 0.717) is 12.6 Å². The van der Waals surface area contributed by atoms with Crippen molar-refractivity contribution in [1.29, 1.82) is 0 Å². The lowest BCUT2D eigenvalue weighted by Gasteiger charge is -2.19. The quantitative estimate of drug-likeness (QED) is 0.877. The van der Waals surface area contributed by atoms with Gasteiger partial charge < -0.3 is 5.32 Å². The van der Waals surface area contributed by atoms with Crippen LogP contribution < -0.4 is 9.62 Å². The van der Waals surface area contributed by atoms with Crippen molar-refractivity contribution in [2.75, 3.05) is 23.1 Å². The first kappa shape index (κ1) is 15.3. The van der Waals surface area contributed by atoms with Gasteiger partial charge in [0.2, 0.25) is 10.0 Å². The van der Waals surface area contributed by atoms with Crippen molar-refractivity contribution in [2.45, 2.75) is 39.7 Å². The minimum atomic E-state index is -3.14. The summed E-state index contributed by atoms with van der Waals surface area (Å²) in [5.41, 5.74) is 3.23. The molecule has 2 rings (SSSR count). The SMILES string of the molecule is CCCNC(C)c1ccc2c(c1)CCN2S(=O)(=O)CC. The molecule has 20 heavy (non-hydrogen) atoms. The van der Waals surface area contributed by atoms with Crippen molar-refractivity contribution in [2.24, 2.45) is 0 Å². The van der Waals surface area contributed by atoms with E-state index < -0.39 is 10.0 Å². The molecular formula is C15H24N2O2S. The largest absolute Gasteiger partial charge is 0.310 e. The molecule has 0 radical (unpaired) electrons. The van der Waals surface area contributed by atoms with Crippen LogP contribution in [-0.4, -0.2) is 27.3 Å². The Balaban J connectivity index is 2.23. The van der Waals surface area contributed by atoms with Gasteiger partial charge >= 0.3 is 0 Å². The first-order valence-electron chi connectivity index (χ1n) is 7.36. The summed E-state index contributed by atoms with van der Waals surface area (Å²) in [6, 6.07) is 6.44. The van der Waals surface area contributed by atoms with Crippen molar-refractivity contribution < 1.29 is 8.42 Å². The Labute approximate surface area is 122 Å². The molecule has 1 heterocycles. The summed E-state index contributed by atoms with van der Waals surface area (Å²) in [7, 11) is -3.14. The number of rotatable bonds is 6. The summed E-state index contributed by atoms with van der Waals surface area (Å²) >= 11 is 0. The van der Waals surface area contributed by atoms with Gasteiger partial charge in [0.15, 0.2) is 0 Å². The van der Waals surface area contributed by atoms with E-state index in [9.17, 15) is 8.42 Å². The number of hydrogen-bond acceptors (Lipinski definition) is 3. The molecule has 0 aromatic heterocycles. The van der Waals surface area contributed by atoms with Crippen LogP contribution in [0.3, 0.4) is 0 Å². The minimum Gasteiger partial charge on any atom is -0.310 e. The maximum Gasteiger partial charge on any atom is 0.234 e. The summed E-state index contributed by atoms with van der Waals surface area (Å²) in [5, 5.41) is 3.46. The van der Waals surface area contributed by atoms with E-state index in [2.05, 4.69) is 25.2 Å². The Morgan fingerprint density at radius 1 is 1.35 bits per heavy atom. The fraction of sp³-hybridized carbons (Fsp3) is 0.600. The second-order valence-corrected chi connectivity index (χ2v) is 7.47. The smallest absolute Gasteiger partial charge is 0.234 e. The third-order valence-electron chi connectivity index (χ3n) is 3.86. The molecule has 5 heteroatoms. The van der Waals surface area contributed by atoms with Gasteiger partial charge in [0.1, 0.15) is 0 Å². The molecule has 0 fully saturated rings. The van der Waals surface area contributed by atoms with Gasteiger partial charge in [0.25, 0.3) is 0 Å². The van der Waals surface area contributed by atoms with Crippen LogP contribution in [0.25, 0.3) is 0 Å². The Kier molecular flexibility index (Phi) is 4.70.